The second-order valence-electron chi connectivity index (χ2n) is 8.30. The van der Waals surface area contributed by atoms with E-state index in [4.69, 9.17) is 9.72 Å². The van der Waals surface area contributed by atoms with Gasteiger partial charge in [-0.1, -0.05) is 37.3 Å². The van der Waals surface area contributed by atoms with Crippen molar-refractivity contribution in [1.29, 1.82) is 0 Å². The Hall–Kier alpha value is -2.30. The number of aryl methyl sites for hydroxylation is 1. The van der Waals surface area contributed by atoms with E-state index in [-0.39, 0.29) is 6.09 Å². The number of H-pyrrole nitrogens is 1. The highest BCUT2D eigenvalue weighted by atomic mass is 16.6. The van der Waals surface area contributed by atoms with Crippen LogP contribution in [0.2, 0.25) is 0 Å². The number of carbonyl (C=O) groups excluding carboxylic acids is 1. The Balaban J connectivity index is 1.64. The molecule has 0 spiro atoms. The molecule has 1 aliphatic rings. The topological polar surface area (TPSA) is 58.2 Å². The molecular weight excluding hydrogens is 338 g/mol. The lowest BCUT2D eigenvalue weighted by atomic mass is 9.92. The molecular formula is C22H31N3O2. The van der Waals surface area contributed by atoms with Gasteiger partial charge in [0, 0.05) is 31.1 Å². The molecule has 1 aromatic carbocycles. The smallest absolute Gasteiger partial charge is 0.410 e. The average molecular weight is 370 g/mol. The molecule has 2 aromatic rings. The molecule has 1 amide bonds. The summed E-state index contributed by atoms with van der Waals surface area (Å²) in [6, 6.07) is 10.4. The summed E-state index contributed by atoms with van der Waals surface area (Å²) >= 11 is 0. The summed E-state index contributed by atoms with van der Waals surface area (Å²) < 4.78 is 5.50. The van der Waals surface area contributed by atoms with E-state index in [9.17, 15) is 4.79 Å². The Kier molecular flexibility index (Phi) is 5.88. The monoisotopic (exact) mass is 369 g/mol. The van der Waals surface area contributed by atoms with Crippen molar-refractivity contribution in [1.82, 2.24) is 14.9 Å². The van der Waals surface area contributed by atoms with Crippen LogP contribution in [0.5, 0.6) is 0 Å². The molecule has 1 aliphatic heterocycles. The van der Waals surface area contributed by atoms with Gasteiger partial charge in [-0.25, -0.2) is 9.78 Å². The number of carbonyl (C=O) groups is 1. The Bertz CT molecular complexity index is 754. The number of nitrogens with one attached hydrogen (secondary N) is 1. The first kappa shape index (κ1) is 19.5. The molecule has 0 bridgehead atoms. The molecule has 0 unspecified atom stereocenters. The van der Waals surface area contributed by atoms with E-state index in [1.165, 1.54) is 17.0 Å². The molecule has 1 saturated heterocycles. The van der Waals surface area contributed by atoms with E-state index in [2.05, 4.69) is 36.2 Å². The van der Waals surface area contributed by atoms with Crippen LogP contribution in [0.1, 0.15) is 69.2 Å². The third-order valence-electron chi connectivity index (χ3n) is 4.96. The van der Waals surface area contributed by atoms with E-state index in [0.29, 0.717) is 5.92 Å². The van der Waals surface area contributed by atoms with Gasteiger partial charge in [-0.3, -0.25) is 0 Å². The van der Waals surface area contributed by atoms with E-state index >= 15 is 0 Å². The van der Waals surface area contributed by atoms with Gasteiger partial charge in [0.05, 0.1) is 5.69 Å². The maximum absolute atomic E-state index is 12.3. The van der Waals surface area contributed by atoms with Crippen molar-refractivity contribution in [3.05, 3.63) is 53.1 Å². The summed E-state index contributed by atoms with van der Waals surface area (Å²) in [5, 5.41) is 0. The van der Waals surface area contributed by atoms with Gasteiger partial charge in [0.15, 0.2) is 0 Å². The SMILES string of the molecule is CCc1[nH]c(Cc2ccccc2)nc1C1CCN(C(=O)OC(C)(C)C)CC1. The quantitative estimate of drug-likeness (QED) is 0.851. The number of nitrogens with zero attached hydrogens (tertiary/aromatic N) is 2. The Morgan fingerprint density at radius 3 is 2.48 bits per heavy atom. The van der Waals surface area contributed by atoms with Crippen molar-refractivity contribution in [2.24, 2.45) is 0 Å². The predicted octanol–water partition coefficient (Wildman–Crippen LogP) is 4.68. The highest BCUT2D eigenvalue weighted by Gasteiger charge is 2.29. The van der Waals surface area contributed by atoms with Gasteiger partial charge in [0.1, 0.15) is 11.4 Å². The molecule has 0 saturated carbocycles. The Morgan fingerprint density at radius 2 is 1.89 bits per heavy atom. The lowest BCUT2D eigenvalue weighted by Gasteiger charge is -2.33. The van der Waals surface area contributed by atoms with E-state index < -0.39 is 5.60 Å². The van der Waals surface area contributed by atoms with Crippen LogP contribution in [-0.2, 0) is 17.6 Å². The summed E-state index contributed by atoms with van der Waals surface area (Å²) in [5.41, 5.74) is 3.24. The second kappa shape index (κ2) is 8.15. The molecule has 0 atom stereocenters. The van der Waals surface area contributed by atoms with Crippen LogP contribution in [0.25, 0.3) is 0 Å². The van der Waals surface area contributed by atoms with Gasteiger partial charge in [-0.15, -0.1) is 0 Å². The van der Waals surface area contributed by atoms with Crippen molar-refractivity contribution >= 4 is 6.09 Å². The van der Waals surface area contributed by atoms with Crippen LogP contribution in [0.4, 0.5) is 4.79 Å². The highest BCUT2D eigenvalue weighted by molar-refractivity contribution is 5.68. The summed E-state index contributed by atoms with van der Waals surface area (Å²) in [6.45, 7) is 9.34. The number of likely N-dealkylation sites (tertiary alicyclic amines) is 1. The largest absolute Gasteiger partial charge is 0.444 e. The number of imidazole rings is 1. The van der Waals surface area contributed by atoms with Gasteiger partial charge < -0.3 is 14.6 Å². The number of benzene rings is 1. The van der Waals surface area contributed by atoms with Crippen LogP contribution < -0.4 is 0 Å². The first-order valence-electron chi connectivity index (χ1n) is 9.95. The van der Waals surface area contributed by atoms with Crippen molar-refractivity contribution < 1.29 is 9.53 Å². The van der Waals surface area contributed by atoms with Gasteiger partial charge in [-0.2, -0.15) is 0 Å². The van der Waals surface area contributed by atoms with Crippen molar-refractivity contribution in [2.75, 3.05) is 13.1 Å². The number of hydrogen-bond donors (Lipinski definition) is 1. The maximum atomic E-state index is 12.3. The molecule has 0 aliphatic carbocycles. The minimum atomic E-state index is -0.447. The number of amides is 1. The first-order chi connectivity index (χ1) is 12.9. The zero-order valence-corrected chi connectivity index (χ0v) is 16.9. The predicted molar refractivity (Wildman–Crippen MR) is 107 cm³/mol. The zero-order valence-electron chi connectivity index (χ0n) is 16.9. The second-order valence-corrected chi connectivity index (χ2v) is 8.30. The number of piperidine rings is 1. The highest BCUT2D eigenvalue weighted by Crippen LogP contribution is 2.30. The number of hydrogen-bond acceptors (Lipinski definition) is 3. The number of ether oxygens (including phenoxy) is 1. The normalized spacial score (nSPS) is 15.8. The van der Waals surface area contributed by atoms with E-state index in [1.807, 2.05) is 31.7 Å². The van der Waals surface area contributed by atoms with Crippen LogP contribution in [-0.4, -0.2) is 39.7 Å². The van der Waals surface area contributed by atoms with Crippen LogP contribution in [0.15, 0.2) is 30.3 Å². The van der Waals surface area contributed by atoms with Gasteiger partial charge >= 0.3 is 6.09 Å². The van der Waals surface area contributed by atoms with Crippen LogP contribution in [0, 0.1) is 0 Å². The average Bonchev–Trinajstić information content (AvgIpc) is 3.04. The van der Waals surface area contributed by atoms with Gasteiger partial charge in [-0.05, 0) is 45.6 Å². The molecule has 2 heterocycles. The summed E-state index contributed by atoms with van der Waals surface area (Å²) in [5.74, 6) is 1.43. The minimum Gasteiger partial charge on any atom is -0.444 e. The lowest BCUT2D eigenvalue weighted by molar-refractivity contribution is 0.0204. The fourth-order valence-corrected chi connectivity index (χ4v) is 3.62. The zero-order chi connectivity index (χ0) is 19.4. The summed E-state index contributed by atoms with van der Waals surface area (Å²) in [6.07, 6.45) is 3.43. The van der Waals surface area contributed by atoms with Crippen LogP contribution >= 0.6 is 0 Å². The number of aromatic nitrogens is 2. The molecule has 5 nitrogen and oxygen atoms in total. The standard InChI is InChI=1S/C22H31N3O2/c1-5-18-20(24-19(23-18)15-16-9-7-6-8-10-16)17-11-13-25(14-12-17)21(26)27-22(2,3)4/h6-10,17H,5,11-15H2,1-4H3,(H,23,24). The number of aromatic amines is 1. The van der Waals surface area contributed by atoms with Gasteiger partial charge in [0.2, 0.25) is 0 Å². The van der Waals surface area contributed by atoms with E-state index in [0.717, 1.165) is 44.6 Å². The molecule has 5 heteroatoms. The fraction of sp³-hybridized carbons (Fsp3) is 0.545. The van der Waals surface area contributed by atoms with Crippen molar-refractivity contribution in [3.8, 4) is 0 Å². The molecule has 146 valence electrons. The van der Waals surface area contributed by atoms with E-state index in [1.54, 1.807) is 0 Å². The summed E-state index contributed by atoms with van der Waals surface area (Å²) in [7, 11) is 0. The summed E-state index contributed by atoms with van der Waals surface area (Å²) in [4.78, 5) is 22.6. The fourth-order valence-electron chi connectivity index (χ4n) is 3.62. The third-order valence-corrected chi connectivity index (χ3v) is 4.96. The molecule has 1 aromatic heterocycles. The van der Waals surface area contributed by atoms with Crippen molar-refractivity contribution in [2.45, 2.75) is 64.9 Å². The third kappa shape index (κ3) is 5.12. The first-order valence-corrected chi connectivity index (χ1v) is 9.95. The molecule has 1 fully saturated rings. The Labute approximate surface area is 162 Å². The van der Waals surface area contributed by atoms with Crippen molar-refractivity contribution in [3.63, 3.8) is 0 Å². The molecule has 3 rings (SSSR count). The maximum Gasteiger partial charge on any atom is 0.410 e. The lowest BCUT2D eigenvalue weighted by Crippen LogP contribution is -2.41. The number of rotatable bonds is 4. The molecule has 1 N–H and O–H groups in total. The Morgan fingerprint density at radius 1 is 1.22 bits per heavy atom. The van der Waals surface area contributed by atoms with Crippen LogP contribution in [0.3, 0.4) is 0 Å². The molecule has 27 heavy (non-hydrogen) atoms. The molecule has 0 radical (unpaired) electrons. The van der Waals surface area contributed by atoms with Gasteiger partial charge in [0.25, 0.3) is 0 Å². The minimum absolute atomic E-state index is 0.205.